The summed E-state index contributed by atoms with van der Waals surface area (Å²) in [6, 6.07) is 31.2. The van der Waals surface area contributed by atoms with Crippen LogP contribution in [0.15, 0.2) is 111 Å². The minimum atomic E-state index is -0.0994. The lowest BCUT2D eigenvalue weighted by atomic mass is 10.2. The first-order chi connectivity index (χ1) is 17.3. The molecule has 0 bridgehead atoms. The second-order valence-electron chi connectivity index (χ2n) is 7.72. The van der Waals surface area contributed by atoms with E-state index in [9.17, 15) is 4.79 Å². The van der Waals surface area contributed by atoms with Gasteiger partial charge in [-0.1, -0.05) is 78.5 Å². The van der Waals surface area contributed by atoms with E-state index in [-0.39, 0.29) is 5.56 Å². The Morgan fingerprint density at radius 3 is 2.20 bits per heavy atom. The highest BCUT2D eigenvalue weighted by atomic mass is 32.2. The molecule has 0 N–H and O–H groups in total. The molecule has 0 aliphatic heterocycles. The SMILES string of the molecule is O=c1c2cc(-c3ccccc3)sc2nc(SCc2nnc(-c3ccccc3)o2)n1-c1ccccc1. The van der Waals surface area contributed by atoms with Gasteiger partial charge in [-0.15, -0.1) is 21.5 Å². The lowest BCUT2D eigenvalue weighted by molar-refractivity contribution is 0.528. The number of thiophene rings is 1. The zero-order chi connectivity index (χ0) is 23.6. The van der Waals surface area contributed by atoms with Gasteiger partial charge in [0.05, 0.1) is 16.8 Å². The van der Waals surface area contributed by atoms with Crippen LogP contribution in [-0.4, -0.2) is 19.7 Å². The van der Waals surface area contributed by atoms with Crippen molar-refractivity contribution in [3.05, 3.63) is 113 Å². The number of benzene rings is 3. The summed E-state index contributed by atoms with van der Waals surface area (Å²) in [4.78, 5) is 20.3. The summed E-state index contributed by atoms with van der Waals surface area (Å²) in [5.74, 6) is 1.33. The third-order valence-electron chi connectivity index (χ3n) is 5.42. The number of hydrogen-bond donors (Lipinski definition) is 0. The van der Waals surface area contributed by atoms with Gasteiger partial charge in [0.25, 0.3) is 5.56 Å². The summed E-state index contributed by atoms with van der Waals surface area (Å²) in [6.45, 7) is 0. The molecule has 0 atom stereocenters. The van der Waals surface area contributed by atoms with Gasteiger partial charge in [0.15, 0.2) is 5.16 Å². The molecular formula is C27H18N4O2S2. The first-order valence-electron chi connectivity index (χ1n) is 10.9. The van der Waals surface area contributed by atoms with Gasteiger partial charge in [-0.25, -0.2) is 4.98 Å². The summed E-state index contributed by atoms with van der Waals surface area (Å²) in [5.41, 5.74) is 2.59. The Bertz CT molecular complexity index is 1660. The molecule has 0 aliphatic carbocycles. The molecule has 0 fully saturated rings. The van der Waals surface area contributed by atoms with Crippen molar-refractivity contribution >= 4 is 33.3 Å². The Labute approximate surface area is 208 Å². The number of rotatable bonds is 6. The lowest BCUT2D eigenvalue weighted by Gasteiger charge is -2.11. The molecule has 0 saturated heterocycles. The number of aromatic nitrogens is 4. The second kappa shape index (κ2) is 9.32. The molecule has 0 spiro atoms. The van der Waals surface area contributed by atoms with E-state index < -0.39 is 0 Å². The van der Waals surface area contributed by atoms with Gasteiger partial charge in [0.2, 0.25) is 11.8 Å². The van der Waals surface area contributed by atoms with Crippen molar-refractivity contribution in [3.63, 3.8) is 0 Å². The predicted molar refractivity (Wildman–Crippen MR) is 140 cm³/mol. The summed E-state index contributed by atoms with van der Waals surface area (Å²) >= 11 is 2.92. The molecule has 6 rings (SSSR count). The molecule has 0 saturated carbocycles. The molecule has 170 valence electrons. The van der Waals surface area contributed by atoms with E-state index in [1.54, 1.807) is 4.57 Å². The summed E-state index contributed by atoms with van der Waals surface area (Å²) in [7, 11) is 0. The number of hydrogen-bond acceptors (Lipinski definition) is 7. The zero-order valence-corrected chi connectivity index (χ0v) is 20.0. The molecule has 6 nitrogen and oxygen atoms in total. The number of para-hydroxylation sites is 1. The molecule has 35 heavy (non-hydrogen) atoms. The molecule has 3 aromatic heterocycles. The Morgan fingerprint density at radius 1 is 0.829 bits per heavy atom. The molecule has 0 aliphatic rings. The first-order valence-corrected chi connectivity index (χ1v) is 12.7. The van der Waals surface area contributed by atoms with Crippen LogP contribution >= 0.6 is 23.1 Å². The standard InChI is InChI=1S/C27H18N4O2S2/c32-26-21-16-22(18-10-4-1-5-11-18)35-25(21)28-27(31(26)20-14-8-3-9-15-20)34-17-23-29-30-24(33-23)19-12-6-2-7-13-19/h1-16H,17H2. The Kier molecular flexibility index (Phi) is 5.73. The quantitative estimate of drug-likeness (QED) is 0.196. The van der Waals surface area contributed by atoms with Gasteiger partial charge in [0.1, 0.15) is 4.83 Å². The molecule has 3 heterocycles. The van der Waals surface area contributed by atoms with Crippen molar-refractivity contribution in [3.8, 4) is 27.6 Å². The summed E-state index contributed by atoms with van der Waals surface area (Å²) < 4.78 is 7.52. The fourth-order valence-corrected chi connectivity index (χ4v) is 5.67. The maximum Gasteiger partial charge on any atom is 0.267 e. The molecular weight excluding hydrogens is 476 g/mol. The molecule has 0 unspecified atom stereocenters. The van der Waals surface area contributed by atoms with E-state index in [1.807, 2.05) is 97.1 Å². The topological polar surface area (TPSA) is 73.8 Å². The fraction of sp³-hybridized carbons (Fsp3) is 0.0370. The van der Waals surface area contributed by atoms with Crippen LogP contribution in [0.4, 0.5) is 0 Å². The van der Waals surface area contributed by atoms with Crippen molar-refractivity contribution in [1.82, 2.24) is 19.7 Å². The maximum atomic E-state index is 13.7. The van der Waals surface area contributed by atoms with Gasteiger partial charge in [-0.05, 0) is 35.9 Å². The number of thioether (sulfide) groups is 1. The van der Waals surface area contributed by atoms with Crippen LogP contribution in [0.2, 0.25) is 0 Å². The molecule has 0 amide bonds. The highest BCUT2D eigenvalue weighted by Gasteiger charge is 2.18. The summed E-state index contributed by atoms with van der Waals surface area (Å²) in [6.07, 6.45) is 0. The van der Waals surface area contributed by atoms with Gasteiger partial charge in [-0.2, -0.15) is 0 Å². The summed E-state index contributed by atoms with van der Waals surface area (Å²) in [5, 5.41) is 9.54. The van der Waals surface area contributed by atoms with Crippen LogP contribution in [0.1, 0.15) is 5.89 Å². The number of nitrogens with zero attached hydrogens (tertiary/aromatic N) is 4. The molecule has 0 radical (unpaired) electrons. The van der Waals surface area contributed by atoms with Crippen molar-refractivity contribution in [2.75, 3.05) is 0 Å². The normalized spacial score (nSPS) is 11.2. The maximum absolute atomic E-state index is 13.7. The van der Waals surface area contributed by atoms with Crippen LogP contribution < -0.4 is 5.56 Å². The smallest absolute Gasteiger partial charge is 0.267 e. The van der Waals surface area contributed by atoms with Gasteiger partial charge in [-0.3, -0.25) is 9.36 Å². The van der Waals surface area contributed by atoms with Crippen LogP contribution in [0, 0.1) is 0 Å². The Hall–Kier alpha value is -4.01. The highest BCUT2D eigenvalue weighted by Crippen LogP contribution is 2.33. The lowest BCUT2D eigenvalue weighted by Crippen LogP contribution is -2.21. The van der Waals surface area contributed by atoms with Crippen molar-refractivity contribution in [1.29, 1.82) is 0 Å². The average molecular weight is 495 g/mol. The van der Waals surface area contributed by atoms with E-state index in [4.69, 9.17) is 9.40 Å². The molecule has 3 aromatic carbocycles. The van der Waals surface area contributed by atoms with Crippen LogP contribution in [0.3, 0.4) is 0 Å². The van der Waals surface area contributed by atoms with Crippen molar-refractivity contribution < 1.29 is 4.42 Å². The highest BCUT2D eigenvalue weighted by molar-refractivity contribution is 7.98. The van der Waals surface area contributed by atoms with Gasteiger partial charge >= 0.3 is 0 Å². The molecule has 6 aromatic rings. The average Bonchev–Trinajstić information content (AvgIpc) is 3.57. The van der Waals surface area contributed by atoms with E-state index in [0.29, 0.717) is 32.9 Å². The monoisotopic (exact) mass is 494 g/mol. The van der Waals surface area contributed by atoms with Crippen LogP contribution in [0.25, 0.3) is 37.8 Å². The fourth-order valence-electron chi connectivity index (χ4n) is 3.74. The van der Waals surface area contributed by atoms with E-state index >= 15 is 0 Å². The van der Waals surface area contributed by atoms with Crippen LogP contribution in [0.5, 0.6) is 0 Å². The first kappa shape index (κ1) is 21.5. The van der Waals surface area contributed by atoms with Gasteiger partial charge < -0.3 is 4.42 Å². The number of fused-ring (bicyclic) bond motifs is 1. The van der Waals surface area contributed by atoms with E-state index in [0.717, 1.165) is 21.7 Å². The minimum Gasteiger partial charge on any atom is -0.420 e. The third kappa shape index (κ3) is 4.29. The van der Waals surface area contributed by atoms with E-state index in [2.05, 4.69) is 10.2 Å². The Balaban J connectivity index is 1.40. The second-order valence-corrected chi connectivity index (χ2v) is 9.69. The van der Waals surface area contributed by atoms with Crippen molar-refractivity contribution in [2.24, 2.45) is 0 Å². The van der Waals surface area contributed by atoms with E-state index in [1.165, 1.54) is 23.1 Å². The minimum absolute atomic E-state index is 0.0994. The predicted octanol–water partition coefficient (Wildman–Crippen LogP) is 6.46. The largest absolute Gasteiger partial charge is 0.420 e. The third-order valence-corrected chi connectivity index (χ3v) is 7.42. The van der Waals surface area contributed by atoms with Crippen LogP contribution in [-0.2, 0) is 5.75 Å². The Morgan fingerprint density at radius 2 is 1.49 bits per heavy atom. The zero-order valence-electron chi connectivity index (χ0n) is 18.4. The van der Waals surface area contributed by atoms with Gasteiger partial charge in [0, 0.05) is 10.4 Å². The molecule has 8 heteroatoms. The van der Waals surface area contributed by atoms with Crippen molar-refractivity contribution in [2.45, 2.75) is 10.9 Å².